The van der Waals surface area contributed by atoms with Gasteiger partial charge in [0.2, 0.25) is 5.82 Å². The van der Waals surface area contributed by atoms with Crippen molar-refractivity contribution in [3.8, 4) is 34.4 Å². The molecule has 6 rings (SSSR count). The fourth-order valence-corrected chi connectivity index (χ4v) is 6.28. The molecule has 0 atom stereocenters. The van der Waals surface area contributed by atoms with Crippen molar-refractivity contribution in [2.45, 2.75) is 11.8 Å². The first-order valence-electron chi connectivity index (χ1n) is 11.8. The van der Waals surface area contributed by atoms with Crippen LogP contribution in [0.15, 0.2) is 112 Å². The first-order chi connectivity index (χ1) is 18.4. The standard InChI is InChI=1S/C29H20BrN5O2S/c1-19-15-17-22(18-16-19)38(36,37)35-25-23(30)13-8-14-24(25)31-29(35)28-33-26(20-9-4-2-5-10-20)32-27(34-28)21-11-6-3-7-12-21/h2-18H,1H3. The minimum atomic E-state index is -4.07. The molecule has 0 bridgehead atoms. The largest absolute Gasteiger partial charge is 0.270 e. The topological polar surface area (TPSA) is 90.6 Å². The summed E-state index contributed by atoms with van der Waals surface area (Å²) in [6.07, 6.45) is 0. The van der Waals surface area contributed by atoms with E-state index >= 15 is 0 Å². The first-order valence-corrected chi connectivity index (χ1v) is 14.0. The number of halogens is 1. The average Bonchev–Trinajstić information content (AvgIpc) is 3.36. The van der Waals surface area contributed by atoms with E-state index in [1.54, 1.807) is 36.4 Å². The second-order valence-electron chi connectivity index (χ2n) is 8.66. The molecule has 0 spiro atoms. The molecule has 6 aromatic rings. The third-order valence-electron chi connectivity index (χ3n) is 6.05. The van der Waals surface area contributed by atoms with E-state index in [0.29, 0.717) is 27.2 Å². The molecular formula is C29H20BrN5O2S. The summed E-state index contributed by atoms with van der Waals surface area (Å²) < 4.78 is 30.0. The summed E-state index contributed by atoms with van der Waals surface area (Å²) in [5, 5.41) is 0. The smallest absolute Gasteiger partial charge is 0.224 e. The number of benzene rings is 4. The molecule has 9 heteroatoms. The Balaban J connectivity index is 1.67. The third kappa shape index (κ3) is 4.29. The Bertz CT molecular complexity index is 1830. The zero-order valence-electron chi connectivity index (χ0n) is 20.2. The van der Waals surface area contributed by atoms with Gasteiger partial charge in [0.15, 0.2) is 17.5 Å². The molecule has 0 saturated carbocycles. The van der Waals surface area contributed by atoms with E-state index in [1.807, 2.05) is 73.7 Å². The minimum Gasteiger partial charge on any atom is -0.224 e. The van der Waals surface area contributed by atoms with Crippen LogP contribution in [0.3, 0.4) is 0 Å². The zero-order chi connectivity index (χ0) is 26.3. The number of fused-ring (bicyclic) bond motifs is 1. The first kappa shape index (κ1) is 24.1. The summed E-state index contributed by atoms with van der Waals surface area (Å²) in [4.78, 5) is 19.0. The molecule has 2 aromatic heterocycles. The van der Waals surface area contributed by atoms with E-state index in [4.69, 9.17) is 19.9 Å². The highest BCUT2D eigenvalue weighted by atomic mass is 79.9. The van der Waals surface area contributed by atoms with Crippen LogP contribution in [0.4, 0.5) is 0 Å². The van der Waals surface area contributed by atoms with Crippen molar-refractivity contribution in [3.05, 3.63) is 113 Å². The molecule has 0 amide bonds. The number of nitrogens with zero attached hydrogens (tertiary/aromatic N) is 5. The van der Waals surface area contributed by atoms with Crippen molar-refractivity contribution >= 4 is 37.0 Å². The monoisotopic (exact) mass is 581 g/mol. The van der Waals surface area contributed by atoms with Crippen LogP contribution < -0.4 is 0 Å². The van der Waals surface area contributed by atoms with Gasteiger partial charge in [-0.25, -0.2) is 32.3 Å². The molecule has 0 fully saturated rings. The Morgan fingerprint density at radius 1 is 0.632 bits per heavy atom. The van der Waals surface area contributed by atoms with Gasteiger partial charge in [0.1, 0.15) is 0 Å². The van der Waals surface area contributed by atoms with Crippen molar-refractivity contribution in [2.24, 2.45) is 0 Å². The quantitative estimate of drug-likeness (QED) is 0.230. The number of hydrogen-bond acceptors (Lipinski definition) is 6. The molecule has 0 radical (unpaired) electrons. The van der Waals surface area contributed by atoms with Gasteiger partial charge in [-0.1, -0.05) is 84.4 Å². The maximum Gasteiger partial charge on any atom is 0.270 e. The predicted octanol–water partition coefficient (Wildman–Crippen LogP) is 6.53. The molecule has 0 saturated heterocycles. The maximum absolute atomic E-state index is 14.1. The molecule has 186 valence electrons. The summed E-state index contributed by atoms with van der Waals surface area (Å²) in [5.41, 5.74) is 3.41. The van der Waals surface area contributed by atoms with Gasteiger partial charge in [-0.05, 0) is 47.1 Å². The molecule has 0 aliphatic heterocycles. The van der Waals surface area contributed by atoms with E-state index in [0.717, 1.165) is 16.7 Å². The Hall–Kier alpha value is -4.21. The number of para-hydroxylation sites is 1. The van der Waals surface area contributed by atoms with Crippen LogP contribution in [-0.2, 0) is 10.0 Å². The van der Waals surface area contributed by atoms with Crippen LogP contribution in [-0.4, -0.2) is 32.3 Å². The highest BCUT2D eigenvalue weighted by molar-refractivity contribution is 9.10. The summed E-state index contributed by atoms with van der Waals surface area (Å²) >= 11 is 3.53. The molecule has 0 unspecified atom stereocenters. The maximum atomic E-state index is 14.1. The second-order valence-corrected chi connectivity index (χ2v) is 11.3. The summed E-state index contributed by atoms with van der Waals surface area (Å²) in [5.74, 6) is 1.08. The van der Waals surface area contributed by atoms with E-state index in [2.05, 4.69) is 15.9 Å². The fraction of sp³-hybridized carbons (Fsp3) is 0.0345. The lowest BCUT2D eigenvalue weighted by molar-refractivity contribution is 0.589. The van der Waals surface area contributed by atoms with Gasteiger partial charge in [-0.15, -0.1) is 0 Å². The van der Waals surface area contributed by atoms with E-state index < -0.39 is 10.0 Å². The Labute approximate surface area is 228 Å². The van der Waals surface area contributed by atoms with Gasteiger partial charge < -0.3 is 0 Å². The predicted molar refractivity (Wildman–Crippen MR) is 151 cm³/mol. The van der Waals surface area contributed by atoms with Gasteiger partial charge in [-0.2, -0.15) is 0 Å². The number of imidazole rings is 1. The van der Waals surface area contributed by atoms with Gasteiger partial charge in [-0.3, -0.25) is 0 Å². The van der Waals surface area contributed by atoms with Gasteiger partial charge in [0.05, 0.1) is 15.9 Å². The highest BCUT2D eigenvalue weighted by Crippen LogP contribution is 2.33. The van der Waals surface area contributed by atoms with Crippen molar-refractivity contribution < 1.29 is 8.42 Å². The Kier molecular flexibility index (Phi) is 6.09. The molecule has 0 N–H and O–H groups in total. The van der Waals surface area contributed by atoms with Crippen LogP contribution in [0.1, 0.15) is 5.56 Å². The third-order valence-corrected chi connectivity index (χ3v) is 8.39. The van der Waals surface area contributed by atoms with Crippen LogP contribution in [0.5, 0.6) is 0 Å². The molecular weight excluding hydrogens is 562 g/mol. The molecule has 7 nitrogen and oxygen atoms in total. The molecule has 38 heavy (non-hydrogen) atoms. The molecule has 0 aliphatic carbocycles. The number of aryl methyl sites for hydroxylation is 1. The van der Waals surface area contributed by atoms with Crippen molar-refractivity contribution in [2.75, 3.05) is 0 Å². The normalized spacial score (nSPS) is 11.6. The summed E-state index contributed by atoms with van der Waals surface area (Å²) in [7, 11) is -4.07. The van der Waals surface area contributed by atoms with Crippen LogP contribution in [0.25, 0.3) is 45.5 Å². The lowest BCUT2D eigenvalue weighted by Gasteiger charge is -2.12. The van der Waals surface area contributed by atoms with Crippen LogP contribution in [0, 0.1) is 6.92 Å². The number of aromatic nitrogens is 5. The molecule has 4 aromatic carbocycles. The Morgan fingerprint density at radius 2 is 1.18 bits per heavy atom. The van der Waals surface area contributed by atoms with Gasteiger partial charge in [0, 0.05) is 15.6 Å². The van der Waals surface area contributed by atoms with Crippen molar-refractivity contribution in [1.82, 2.24) is 23.9 Å². The SMILES string of the molecule is Cc1ccc(S(=O)(=O)n2c(-c3nc(-c4ccccc4)nc(-c4ccccc4)n3)nc3cccc(Br)c32)cc1. The van der Waals surface area contributed by atoms with Gasteiger partial charge in [0.25, 0.3) is 10.0 Å². The van der Waals surface area contributed by atoms with Crippen molar-refractivity contribution in [1.29, 1.82) is 0 Å². The van der Waals surface area contributed by atoms with E-state index in [1.165, 1.54) is 3.97 Å². The molecule has 2 heterocycles. The van der Waals surface area contributed by atoms with Crippen molar-refractivity contribution in [3.63, 3.8) is 0 Å². The zero-order valence-corrected chi connectivity index (χ0v) is 22.6. The van der Waals surface area contributed by atoms with E-state index in [9.17, 15) is 8.42 Å². The lowest BCUT2D eigenvalue weighted by atomic mass is 10.2. The number of hydrogen-bond donors (Lipinski definition) is 0. The molecule has 0 aliphatic rings. The fourth-order valence-electron chi connectivity index (χ4n) is 4.16. The van der Waals surface area contributed by atoms with E-state index in [-0.39, 0.29) is 16.5 Å². The number of rotatable bonds is 5. The second kappa shape index (κ2) is 9.59. The van der Waals surface area contributed by atoms with Gasteiger partial charge >= 0.3 is 0 Å². The summed E-state index contributed by atoms with van der Waals surface area (Å²) in [6, 6.07) is 31.1. The Morgan fingerprint density at radius 3 is 1.76 bits per heavy atom. The average molecular weight is 582 g/mol. The highest BCUT2D eigenvalue weighted by Gasteiger charge is 2.28. The van der Waals surface area contributed by atoms with Crippen LogP contribution >= 0.6 is 15.9 Å². The van der Waals surface area contributed by atoms with Crippen LogP contribution in [0.2, 0.25) is 0 Å². The lowest BCUT2D eigenvalue weighted by Crippen LogP contribution is -2.16. The minimum absolute atomic E-state index is 0.101. The summed E-state index contributed by atoms with van der Waals surface area (Å²) in [6.45, 7) is 1.91.